The maximum Gasteiger partial charge on any atom is 0.143 e. The lowest BCUT2D eigenvalue weighted by atomic mass is 9.80. The van der Waals surface area contributed by atoms with E-state index in [2.05, 4.69) is 35.7 Å². The Bertz CT molecular complexity index is 1810. The van der Waals surface area contributed by atoms with E-state index in [4.69, 9.17) is 23.9 Å². The predicted octanol–water partition coefficient (Wildman–Crippen LogP) is 7.44. The Morgan fingerprint density at radius 2 is 1.51 bits per heavy atom. The molecule has 3 aromatic carbocycles. The zero-order chi connectivity index (χ0) is 30.8. The van der Waals surface area contributed by atoms with Gasteiger partial charge in [0.2, 0.25) is 0 Å². The van der Waals surface area contributed by atoms with Gasteiger partial charge in [-0.15, -0.1) is 11.3 Å². The Balaban J connectivity index is 1.23. The summed E-state index contributed by atoms with van der Waals surface area (Å²) in [4.78, 5) is 5.88. The molecule has 0 bridgehead atoms. The van der Waals surface area contributed by atoms with Gasteiger partial charge in [0.1, 0.15) is 35.1 Å². The van der Waals surface area contributed by atoms with Crippen molar-refractivity contribution in [2.45, 2.75) is 30.5 Å². The van der Waals surface area contributed by atoms with Crippen molar-refractivity contribution in [3.05, 3.63) is 138 Å². The van der Waals surface area contributed by atoms with E-state index in [-0.39, 0.29) is 12.8 Å². The number of thiophene rings is 1. The number of aromatic nitrogens is 2. The topological polar surface area (TPSA) is 75.0 Å². The molecule has 8 heteroatoms. The van der Waals surface area contributed by atoms with Crippen LogP contribution in [0.1, 0.15) is 29.3 Å². The van der Waals surface area contributed by atoms with E-state index < -0.39 is 17.8 Å². The molecule has 1 aliphatic heterocycles. The number of fused-ring (bicyclic) bond motifs is 1. The lowest BCUT2D eigenvalue weighted by Crippen LogP contribution is -2.38. The Hall–Kier alpha value is -4.47. The molecule has 3 aromatic heterocycles. The van der Waals surface area contributed by atoms with E-state index >= 15 is 0 Å². The smallest absolute Gasteiger partial charge is 0.143 e. The number of aliphatic hydroxyl groups excluding tert-OH is 1. The van der Waals surface area contributed by atoms with Gasteiger partial charge in [-0.05, 0) is 64.5 Å². The van der Waals surface area contributed by atoms with E-state index in [0.717, 1.165) is 44.8 Å². The second kappa shape index (κ2) is 12.5. The molecule has 7 nitrogen and oxygen atoms in total. The molecule has 6 aromatic rings. The molecule has 1 saturated heterocycles. The van der Waals surface area contributed by atoms with E-state index in [1.807, 2.05) is 89.8 Å². The standard InChI is InChI=1S/C37H34N2O5S/c1-41-28-14-10-26(11-15-28)37(25-7-4-3-5-8-25,27-12-16-29(42-2)17-13-27)43-24-33-32(40)23-35(44-33)39-21-19-31-30(18-20-38-36(31)39)34-9-6-22-45-34/h3-22,32-33,35,40H,23-24H2,1-2H3/t32-,33+,35+/m0/s1. The van der Waals surface area contributed by atoms with E-state index in [1.165, 1.54) is 4.88 Å². The maximum atomic E-state index is 11.3. The first-order valence-corrected chi connectivity index (χ1v) is 15.8. The molecule has 228 valence electrons. The third kappa shape index (κ3) is 5.40. The van der Waals surface area contributed by atoms with Crippen molar-refractivity contribution in [2.24, 2.45) is 0 Å². The van der Waals surface area contributed by atoms with Crippen LogP contribution in [0.5, 0.6) is 11.5 Å². The zero-order valence-electron chi connectivity index (χ0n) is 25.1. The normalized spacial score (nSPS) is 18.3. The monoisotopic (exact) mass is 618 g/mol. The number of ether oxygens (including phenoxy) is 4. The number of hydrogen-bond acceptors (Lipinski definition) is 7. The van der Waals surface area contributed by atoms with Gasteiger partial charge in [-0.3, -0.25) is 0 Å². The number of aliphatic hydroxyl groups is 1. The van der Waals surface area contributed by atoms with Crippen molar-refractivity contribution < 1.29 is 24.1 Å². The molecule has 0 spiro atoms. The van der Waals surface area contributed by atoms with Crippen LogP contribution in [-0.4, -0.2) is 47.7 Å². The van der Waals surface area contributed by atoms with E-state index in [1.54, 1.807) is 25.6 Å². The first-order chi connectivity index (χ1) is 22.1. The first-order valence-electron chi connectivity index (χ1n) is 14.9. The summed E-state index contributed by atoms with van der Waals surface area (Å²) in [6, 6.07) is 34.2. The summed E-state index contributed by atoms with van der Waals surface area (Å²) in [6.45, 7) is 0.150. The number of rotatable bonds is 10. The van der Waals surface area contributed by atoms with Crippen molar-refractivity contribution in [3.8, 4) is 21.9 Å². The molecule has 45 heavy (non-hydrogen) atoms. The van der Waals surface area contributed by atoms with Crippen LogP contribution >= 0.6 is 11.3 Å². The molecule has 7 rings (SSSR count). The summed E-state index contributed by atoms with van der Waals surface area (Å²) >= 11 is 1.70. The highest BCUT2D eigenvalue weighted by atomic mass is 32.1. The van der Waals surface area contributed by atoms with Gasteiger partial charge in [0.15, 0.2) is 0 Å². The van der Waals surface area contributed by atoms with Crippen molar-refractivity contribution in [3.63, 3.8) is 0 Å². The van der Waals surface area contributed by atoms with Crippen LogP contribution in [0.15, 0.2) is 121 Å². The van der Waals surface area contributed by atoms with Gasteiger partial charge in [-0.2, -0.15) is 0 Å². The lowest BCUT2D eigenvalue weighted by Gasteiger charge is -2.37. The lowest BCUT2D eigenvalue weighted by molar-refractivity contribution is -0.0930. The largest absolute Gasteiger partial charge is 0.497 e. The Morgan fingerprint density at radius 1 is 0.844 bits per heavy atom. The van der Waals surface area contributed by atoms with Crippen LogP contribution in [0.4, 0.5) is 0 Å². The van der Waals surface area contributed by atoms with Gasteiger partial charge in [-0.25, -0.2) is 4.98 Å². The van der Waals surface area contributed by atoms with Crippen LogP contribution < -0.4 is 9.47 Å². The summed E-state index contributed by atoms with van der Waals surface area (Å²) < 4.78 is 26.5. The molecule has 4 heterocycles. The van der Waals surface area contributed by atoms with Crippen LogP contribution in [0.3, 0.4) is 0 Å². The summed E-state index contributed by atoms with van der Waals surface area (Å²) in [5.74, 6) is 1.50. The van der Waals surface area contributed by atoms with Gasteiger partial charge < -0.3 is 28.6 Å². The fraction of sp³-hybridized carbons (Fsp3) is 0.216. The van der Waals surface area contributed by atoms with Crippen molar-refractivity contribution in [2.75, 3.05) is 20.8 Å². The van der Waals surface area contributed by atoms with E-state index in [0.29, 0.717) is 6.42 Å². The Morgan fingerprint density at radius 3 is 2.13 bits per heavy atom. The van der Waals surface area contributed by atoms with Crippen LogP contribution in [0.25, 0.3) is 21.5 Å². The molecule has 0 aliphatic carbocycles. The highest BCUT2D eigenvalue weighted by Crippen LogP contribution is 2.43. The quantitative estimate of drug-likeness (QED) is 0.161. The second-order valence-corrected chi connectivity index (χ2v) is 12.0. The summed E-state index contributed by atoms with van der Waals surface area (Å²) in [6.07, 6.45) is 2.58. The fourth-order valence-corrected chi connectivity index (χ4v) is 7.02. The molecule has 1 aliphatic rings. The Labute approximate surface area is 266 Å². The highest BCUT2D eigenvalue weighted by molar-refractivity contribution is 7.13. The van der Waals surface area contributed by atoms with Crippen LogP contribution in [0, 0.1) is 0 Å². The number of methoxy groups -OCH3 is 2. The molecular weight excluding hydrogens is 584 g/mol. The molecule has 0 saturated carbocycles. The summed E-state index contributed by atoms with van der Waals surface area (Å²) in [5.41, 5.74) is 3.76. The fourth-order valence-electron chi connectivity index (χ4n) is 6.25. The Kier molecular flexibility index (Phi) is 8.12. The number of hydrogen-bond donors (Lipinski definition) is 1. The van der Waals surface area contributed by atoms with Crippen molar-refractivity contribution in [1.29, 1.82) is 0 Å². The van der Waals surface area contributed by atoms with Gasteiger partial charge in [0.25, 0.3) is 0 Å². The zero-order valence-corrected chi connectivity index (χ0v) is 25.9. The third-order valence-corrected chi connectivity index (χ3v) is 9.46. The minimum absolute atomic E-state index is 0.150. The van der Waals surface area contributed by atoms with Crippen LogP contribution in [-0.2, 0) is 15.1 Å². The first kappa shape index (κ1) is 29.3. The second-order valence-electron chi connectivity index (χ2n) is 11.0. The number of benzene rings is 3. The van der Waals surface area contributed by atoms with Gasteiger partial charge in [0.05, 0.1) is 26.9 Å². The van der Waals surface area contributed by atoms with Crippen molar-refractivity contribution in [1.82, 2.24) is 9.55 Å². The molecule has 0 unspecified atom stereocenters. The molecule has 1 fully saturated rings. The average Bonchev–Trinajstić information content (AvgIpc) is 3.87. The molecule has 0 amide bonds. The predicted molar refractivity (Wildman–Crippen MR) is 176 cm³/mol. The minimum Gasteiger partial charge on any atom is -0.497 e. The molecule has 3 atom stereocenters. The van der Waals surface area contributed by atoms with Crippen LogP contribution in [0.2, 0.25) is 0 Å². The SMILES string of the molecule is COc1ccc(C(OC[C@H]2O[C@@H](n3ccc4c(-c5cccs5)ccnc43)C[C@@H]2O)(c2ccccc2)c2ccc(OC)cc2)cc1. The molecule has 1 N–H and O–H groups in total. The number of pyridine rings is 1. The summed E-state index contributed by atoms with van der Waals surface area (Å²) in [7, 11) is 3.31. The number of nitrogens with zero attached hydrogens (tertiary/aromatic N) is 2. The molecule has 0 radical (unpaired) electrons. The maximum absolute atomic E-state index is 11.3. The van der Waals surface area contributed by atoms with Crippen molar-refractivity contribution >= 4 is 22.4 Å². The molecular formula is C37H34N2O5S. The third-order valence-electron chi connectivity index (χ3n) is 8.55. The summed E-state index contributed by atoms with van der Waals surface area (Å²) in [5, 5.41) is 14.4. The van der Waals surface area contributed by atoms with E-state index in [9.17, 15) is 5.11 Å². The van der Waals surface area contributed by atoms with Gasteiger partial charge in [-0.1, -0.05) is 60.7 Å². The average molecular weight is 619 g/mol. The van der Waals surface area contributed by atoms with Gasteiger partial charge >= 0.3 is 0 Å². The highest BCUT2D eigenvalue weighted by Gasteiger charge is 2.42. The minimum atomic E-state index is -1.00. The van der Waals surface area contributed by atoms with Gasteiger partial charge in [0, 0.05) is 34.6 Å².